The first-order chi connectivity index (χ1) is 52.7. The average Bonchev–Trinajstić information content (AvgIpc) is 0.898. The molecule has 17 nitrogen and oxygen atoms in total. The van der Waals surface area contributed by atoms with Gasteiger partial charge in [-0.15, -0.1) is 0 Å². The minimum atomic E-state index is -4.97. The van der Waals surface area contributed by atoms with Crippen LogP contribution in [-0.2, 0) is 65.4 Å². The van der Waals surface area contributed by atoms with E-state index in [0.717, 1.165) is 108 Å². The molecule has 0 aliphatic rings. The van der Waals surface area contributed by atoms with Crippen molar-refractivity contribution in [2.24, 2.45) is 17.8 Å². The highest BCUT2D eigenvalue weighted by Crippen LogP contribution is 2.45. The van der Waals surface area contributed by atoms with Gasteiger partial charge in [0.25, 0.3) is 0 Å². The fourth-order valence-electron chi connectivity index (χ4n) is 14.1. The molecule has 2 unspecified atom stereocenters. The van der Waals surface area contributed by atoms with E-state index in [9.17, 15) is 43.2 Å². The highest BCUT2D eigenvalue weighted by atomic mass is 31.2. The Morgan fingerprint density at radius 2 is 0.422 bits per heavy atom. The fraction of sp³-hybridized carbons (Fsp3) is 0.956. The molecule has 5 atom stereocenters. The van der Waals surface area contributed by atoms with Gasteiger partial charge in [-0.3, -0.25) is 37.3 Å². The fourth-order valence-corrected chi connectivity index (χ4v) is 15.7. The van der Waals surface area contributed by atoms with Crippen LogP contribution in [-0.4, -0.2) is 96.7 Å². The minimum absolute atomic E-state index is 0.107. The van der Waals surface area contributed by atoms with E-state index in [-0.39, 0.29) is 25.7 Å². The summed E-state index contributed by atoms with van der Waals surface area (Å²) in [6.07, 6.45) is 72.3. The number of carbonyl (C=O) groups excluding carboxylic acids is 4. The molecule has 0 fully saturated rings. The number of phosphoric ester groups is 2. The average molecular weight is 1590 g/mol. The molecule has 0 amide bonds. The Kier molecular flexibility index (Phi) is 78.5. The number of aliphatic hydroxyl groups is 1. The third kappa shape index (κ3) is 83.8. The maximum Gasteiger partial charge on any atom is 0.472 e. The molecule has 3 N–H and O–H groups in total. The van der Waals surface area contributed by atoms with Crippen LogP contribution in [0.1, 0.15) is 479 Å². The summed E-state index contributed by atoms with van der Waals surface area (Å²) in [5.41, 5.74) is 0. The molecule has 648 valence electrons. The van der Waals surface area contributed by atoms with Crippen LogP contribution < -0.4 is 0 Å². The summed E-state index contributed by atoms with van der Waals surface area (Å²) >= 11 is 0. The lowest BCUT2D eigenvalue weighted by molar-refractivity contribution is -0.161. The lowest BCUT2D eigenvalue weighted by Gasteiger charge is -2.21. The predicted octanol–water partition coefficient (Wildman–Crippen LogP) is 27.6. The van der Waals surface area contributed by atoms with Crippen LogP contribution in [0.3, 0.4) is 0 Å². The van der Waals surface area contributed by atoms with Crippen LogP contribution in [0.2, 0.25) is 0 Å². The maximum absolute atomic E-state index is 13.2. The Balaban J connectivity index is 5.25. The van der Waals surface area contributed by atoms with Crippen LogP contribution in [0.25, 0.3) is 0 Å². The van der Waals surface area contributed by atoms with Gasteiger partial charge in [-0.05, 0) is 43.4 Å². The second kappa shape index (κ2) is 79.9. The monoisotopic (exact) mass is 1590 g/mol. The molecule has 0 saturated carbocycles. The molecular formula is C90H176O17P2. The summed E-state index contributed by atoms with van der Waals surface area (Å²) in [7, 11) is -9.94. The Morgan fingerprint density at radius 1 is 0.248 bits per heavy atom. The van der Waals surface area contributed by atoms with Gasteiger partial charge in [0.1, 0.15) is 19.3 Å². The van der Waals surface area contributed by atoms with E-state index < -0.39 is 97.5 Å². The number of esters is 4. The summed E-state index contributed by atoms with van der Waals surface area (Å²) in [5, 5.41) is 10.7. The lowest BCUT2D eigenvalue weighted by atomic mass is 10.0. The molecule has 0 aromatic heterocycles. The molecule has 0 radical (unpaired) electrons. The van der Waals surface area contributed by atoms with Gasteiger partial charge in [-0.1, -0.05) is 427 Å². The predicted molar refractivity (Wildman–Crippen MR) is 451 cm³/mol. The Bertz CT molecular complexity index is 2100. The first-order valence-corrected chi connectivity index (χ1v) is 49.3. The topological polar surface area (TPSA) is 237 Å². The number of hydrogen-bond acceptors (Lipinski definition) is 15. The van der Waals surface area contributed by atoms with E-state index in [1.807, 2.05) is 0 Å². The maximum atomic E-state index is 13.2. The van der Waals surface area contributed by atoms with Gasteiger partial charge in [-0.25, -0.2) is 9.13 Å². The summed E-state index contributed by atoms with van der Waals surface area (Å²) in [4.78, 5) is 73.4. The summed E-state index contributed by atoms with van der Waals surface area (Å²) in [5.74, 6) is 0.242. The third-order valence-corrected chi connectivity index (χ3v) is 23.0. The van der Waals surface area contributed by atoms with Crippen molar-refractivity contribution >= 4 is 39.5 Å². The first kappa shape index (κ1) is 107. The van der Waals surface area contributed by atoms with Crippen molar-refractivity contribution in [3.8, 4) is 0 Å². The first-order valence-electron chi connectivity index (χ1n) is 46.3. The Morgan fingerprint density at radius 3 is 0.624 bits per heavy atom. The van der Waals surface area contributed by atoms with E-state index in [0.29, 0.717) is 25.7 Å². The normalized spacial score (nSPS) is 13.8. The molecule has 0 heterocycles. The largest absolute Gasteiger partial charge is 0.472 e. The number of carbonyl (C=O) groups is 4. The van der Waals surface area contributed by atoms with Crippen LogP contribution in [0.15, 0.2) is 0 Å². The minimum Gasteiger partial charge on any atom is -0.462 e. The summed E-state index contributed by atoms with van der Waals surface area (Å²) < 4.78 is 69.0. The second-order valence-corrected chi connectivity index (χ2v) is 36.7. The summed E-state index contributed by atoms with van der Waals surface area (Å²) in [6.45, 7) is 12.0. The molecule has 0 spiro atoms. The molecule has 19 heteroatoms. The van der Waals surface area contributed by atoms with Crippen LogP contribution in [0, 0.1) is 17.8 Å². The number of aliphatic hydroxyl groups excluding tert-OH is 1. The van der Waals surface area contributed by atoms with Crippen LogP contribution in [0.4, 0.5) is 0 Å². The number of phosphoric acid groups is 2. The standard InChI is InChI=1S/C90H176O17P2/c1-8-9-10-11-12-13-14-15-16-17-18-19-20-21-22-27-32-37-44-52-59-66-73-89(94)106-85(77-100-87(92)71-64-57-50-43-36-31-26-24-23-25-29-34-40-47-54-61-68-81(2)3)79-104-108(96,97)102-75-84(91)76-103-109(98,99)105-80-86(78-101-88(93)72-65-58-51-46-39-42-49-56-63-70-83(6)7)107-90(95)74-67-60-53-45-38-33-28-30-35-41-48-55-62-69-82(4)5/h81-86,91H,8-80H2,1-7H3,(H,96,97)(H,98,99)/t84-,85-,86-/m1/s1. The molecule has 0 rings (SSSR count). The molecule has 109 heavy (non-hydrogen) atoms. The molecule has 0 bridgehead atoms. The van der Waals surface area contributed by atoms with Crippen molar-refractivity contribution in [1.82, 2.24) is 0 Å². The highest BCUT2D eigenvalue weighted by molar-refractivity contribution is 7.47. The lowest BCUT2D eigenvalue weighted by Crippen LogP contribution is -2.30. The van der Waals surface area contributed by atoms with Gasteiger partial charge in [0.15, 0.2) is 12.2 Å². The Labute approximate surface area is 670 Å². The number of unbranched alkanes of at least 4 members (excludes halogenated alkanes) is 56. The van der Waals surface area contributed by atoms with E-state index in [1.54, 1.807) is 0 Å². The molecule has 0 aromatic rings. The van der Waals surface area contributed by atoms with E-state index in [4.69, 9.17) is 37.0 Å². The van der Waals surface area contributed by atoms with Crippen molar-refractivity contribution in [2.45, 2.75) is 497 Å². The number of ether oxygens (including phenoxy) is 4. The van der Waals surface area contributed by atoms with Crippen molar-refractivity contribution in [3.63, 3.8) is 0 Å². The zero-order valence-electron chi connectivity index (χ0n) is 72.0. The molecular weight excluding hydrogens is 1410 g/mol. The van der Waals surface area contributed by atoms with Crippen molar-refractivity contribution in [1.29, 1.82) is 0 Å². The zero-order chi connectivity index (χ0) is 80.0. The molecule has 0 aliphatic heterocycles. The smallest absolute Gasteiger partial charge is 0.462 e. The van der Waals surface area contributed by atoms with Gasteiger partial charge in [-0.2, -0.15) is 0 Å². The summed E-state index contributed by atoms with van der Waals surface area (Å²) in [6, 6.07) is 0. The SMILES string of the molecule is CCCCCCCCCCCCCCCCCCCCCCCCC(=O)O[C@H](COC(=O)CCCCCCCCCCCCCCCCCCC(C)C)COP(=O)(O)OC[C@@H](O)COP(=O)(O)OC[C@@H](COC(=O)CCCCCCCCCCCC(C)C)OC(=O)CCCCCCCCCCCCCCCC(C)C. The molecule has 0 saturated heterocycles. The van der Waals surface area contributed by atoms with Gasteiger partial charge < -0.3 is 33.8 Å². The van der Waals surface area contributed by atoms with Gasteiger partial charge in [0.2, 0.25) is 0 Å². The highest BCUT2D eigenvalue weighted by Gasteiger charge is 2.31. The van der Waals surface area contributed by atoms with Crippen molar-refractivity contribution < 1.29 is 80.2 Å². The van der Waals surface area contributed by atoms with Crippen LogP contribution in [0.5, 0.6) is 0 Å². The van der Waals surface area contributed by atoms with E-state index in [1.165, 1.54) is 289 Å². The van der Waals surface area contributed by atoms with E-state index in [2.05, 4.69) is 48.5 Å². The molecule has 0 aliphatic carbocycles. The quantitative estimate of drug-likeness (QED) is 0.0222. The third-order valence-electron chi connectivity index (χ3n) is 21.1. The number of rotatable bonds is 88. The second-order valence-electron chi connectivity index (χ2n) is 33.8. The zero-order valence-corrected chi connectivity index (χ0v) is 73.8. The van der Waals surface area contributed by atoms with Gasteiger partial charge in [0.05, 0.1) is 26.4 Å². The van der Waals surface area contributed by atoms with Crippen molar-refractivity contribution in [3.05, 3.63) is 0 Å². The Hall–Kier alpha value is -1.94. The number of hydrogen-bond donors (Lipinski definition) is 3. The van der Waals surface area contributed by atoms with E-state index >= 15 is 0 Å². The van der Waals surface area contributed by atoms with Gasteiger partial charge in [0, 0.05) is 25.7 Å². The molecule has 0 aromatic carbocycles. The van der Waals surface area contributed by atoms with Gasteiger partial charge >= 0.3 is 39.5 Å². The van der Waals surface area contributed by atoms with Crippen LogP contribution >= 0.6 is 15.6 Å². The van der Waals surface area contributed by atoms with Crippen molar-refractivity contribution in [2.75, 3.05) is 39.6 Å².